The lowest BCUT2D eigenvalue weighted by atomic mass is 9.92. The summed E-state index contributed by atoms with van der Waals surface area (Å²) < 4.78 is 3.27. The molecule has 2 aromatic rings. The Hall–Kier alpha value is -1.00. The molecule has 1 aliphatic rings. The van der Waals surface area contributed by atoms with Crippen LogP contribution in [0.5, 0.6) is 0 Å². The molecule has 0 bridgehead atoms. The van der Waals surface area contributed by atoms with Gasteiger partial charge in [-0.15, -0.1) is 11.3 Å². The second kappa shape index (κ2) is 5.10. The lowest BCUT2D eigenvalue weighted by molar-refractivity contribution is 0.684. The minimum Gasteiger partial charge on any atom is -0.302 e. The molecule has 17 heavy (non-hydrogen) atoms. The number of nitrogens with zero attached hydrogens (tertiary/aromatic N) is 1. The van der Waals surface area contributed by atoms with Gasteiger partial charge in [-0.3, -0.25) is 0 Å². The van der Waals surface area contributed by atoms with Gasteiger partial charge in [-0.25, -0.2) is 4.98 Å². The largest absolute Gasteiger partial charge is 0.302 e. The van der Waals surface area contributed by atoms with Crippen LogP contribution in [0.2, 0.25) is 0 Å². The minimum atomic E-state index is 0.965. The van der Waals surface area contributed by atoms with Crippen LogP contribution in [-0.2, 0) is 12.8 Å². The van der Waals surface area contributed by atoms with Gasteiger partial charge >= 0.3 is 0 Å². The highest BCUT2D eigenvalue weighted by Crippen LogP contribution is 2.28. The third kappa shape index (κ3) is 2.64. The van der Waals surface area contributed by atoms with Crippen LogP contribution in [0.3, 0.4) is 0 Å². The van der Waals surface area contributed by atoms with Crippen molar-refractivity contribution in [2.75, 3.05) is 4.72 Å². The number of benzene rings is 1. The first-order valence-corrected chi connectivity index (χ1v) is 7.55. The fourth-order valence-corrected chi connectivity index (χ4v) is 3.43. The zero-order valence-corrected chi connectivity index (χ0v) is 11.1. The summed E-state index contributed by atoms with van der Waals surface area (Å²) in [7, 11) is 0. The van der Waals surface area contributed by atoms with Crippen molar-refractivity contribution in [3.63, 3.8) is 0 Å². The van der Waals surface area contributed by atoms with Gasteiger partial charge in [-0.05, 0) is 60.9 Å². The molecule has 0 radical (unpaired) electrons. The first-order chi connectivity index (χ1) is 8.42. The molecule has 1 heterocycles. The average molecular weight is 262 g/mol. The van der Waals surface area contributed by atoms with E-state index in [4.69, 9.17) is 0 Å². The van der Waals surface area contributed by atoms with E-state index in [2.05, 4.69) is 27.9 Å². The quantitative estimate of drug-likeness (QED) is 0.841. The van der Waals surface area contributed by atoms with Crippen LogP contribution in [0.4, 0.5) is 5.13 Å². The molecule has 1 aromatic heterocycles. The fourth-order valence-electron chi connectivity index (χ4n) is 2.15. The van der Waals surface area contributed by atoms with Gasteiger partial charge in [0.15, 0.2) is 5.13 Å². The molecule has 88 valence electrons. The molecular weight excluding hydrogens is 248 g/mol. The average Bonchev–Trinajstić information content (AvgIpc) is 2.89. The summed E-state index contributed by atoms with van der Waals surface area (Å²) in [4.78, 5) is 5.48. The van der Waals surface area contributed by atoms with Crippen molar-refractivity contribution in [2.24, 2.45) is 0 Å². The van der Waals surface area contributed by atoms with Crippen molar-refractivity contribution in [1.82, 2.24) is 4.98 Å². The lowest BCUT2D eigenvalue weighted by Gasteiger charge is -2.16. The number of anilines is 1. The number of fused-ring (bicyclic) bond motifs is 1. The Morgan fingerprint density at radius 3 is 2.88 bits per heavy atom. The summed E-state index contributed by atoms with van der Waals surface area (Å²) in [5, 5.41) is 2.95. The van der Waals surface area contributed by atoms with Crippen molar-refractivity contribution >= 4 is 28.4 Å². The van der Waals surface area contributed by atoms with Crippen LogP contribution in [0.1, 0.15) is 24.0 Å². The molecule has 0 fully saturated rings. The van der Waals surface area contributed by atoms with Gasteiger partial charge in [-0.1, -0.05) is 6.07 Å². The Morgan fingerprint density at radius 2 is 2.06 bits per heavy atom. The van der Waals surface area contributed by atoms with Crippen molar-refractivity contribution in [2.45, 2.75) is 30.6 Å². The predicted octanol–water partition coefficient (Wildman–Crippen LogP) is 4.14. The first kappa shape index (κ1) is 11.1. The summed E-state index contributed by atoms with van der Waals surface area (Å²) in [5.41, 5.74) is 3.07. The SMILES string of the molecule is c1csc(NSc2ccc3c(c2)CCCC3)n1. The van der Waals surface area contributed by atoms with Gasteiger partial charge in [0.1, 0.15) is 0 Å². The second-order valence-corrected chi connectivity index (χ2v) is 5.95. The van der Waals surface area contributed by atoms with Crippen LogP contribution < -0.4 is 4.72 Å². The number of hydrogen-bond donors (Lipinski definition) is 1. The molecule has 1 aliphatic carbocycles. The highest BCUT2D eigenvalue weighted by atomic mass is 32.2. The van der Waals surface area contributed by atoms with E-state index in [-0.39, 0.29) is 0 Å². The Balaban J connectivity index is 1.71. The smallest absolute Gasteiger partial charge is 0.192 e. The topological polar surface area (TPSA) is 24.9 Å². The maximum atomic E-state index is 4.21. The maximum Gasteiger partial charge on any atom is 0.192 e. The molecule has 0 aliphatic heterocycles. The van der Waals surface area contributed by atoms with Crippen LogP contribution in [0.25, 0.3) is 0 Å². The van der Waals surface area contributed by atoms with Gasteiger partial charge in [0, 0.05) is 16.5 Å². The molecule has 1 aromatic carbocycles. The maximum absolute atomic E-state index is 4.21. The molecule has 4 heteroatoms. The fraction of sp³-hybridized carbons (Fsp3) is 0.308. The molecule has 0 saturated carbocycles. The Bertz CT molecular complexity index is 494. The molecule has 0 saturated heterocycles. The van der Waals surface area contributed by atoms with Crippen molar-refractivity contribution in [3.8, 4) is 0 Å². The van der Waals surface area contributed by atoms with Crippen LogP contribution in [-0.4, -0.2) is 4.98 Å². The highest BCUT2D eigenvalue weighted by Gasteiger charge is 2.09. The number of aryl methyl sites for hydroxylation is 2. The van der Waals surface area contributed by atoms with Gasteiger partial charge in [-0.2, -0.15) is 0 Å². The minimum absolute atomic E-state index is 0.965. The number of thiazole rings is 1. The predicted molar refractivity (Wildman–Crippen MR) is 74.7 cm³/mol. The van der Waals surface area contributed by atoms with Crippen LogP contribution in [0, 0.1) is 0 Å². The summed E-state index contributed by atoms with van der Waals surface area (Å²) in [6.07, 6.45) is 6.99. The Labute approximate surface area is 110 Å². The monoisotopic (exact) mass is 262 g/mol. The Morgan fingerprint density at radius 1 is 1.18 bits per heavy atom. The third-order valence-electron chi connectivity index (χ3n) is 3.01. The van der Waals surface area contributed by atoms with Gasteiger partial charge in [0.25, 0.3) is 0 Å². The van der Waals surface area contributed by atoms with Gasteiger partial charge < -0.3 is 4.72 Å². The summed E-state index contributed by atoms with van der Waals surface area (Å²) >= 11 is 3.28. The molecule has 2 nitrogen and oxygen atoms in total. The molecule has 0 spiro atoms. The highest BCUT2D eigenvalue weighted by molar-refractivity contribution is 8.00. The molecule has 0 atom stereocenters. The molecule has 0 amide bonds. The molecule has 3 rings (SSSR count). The van der Waals surface area contributed by atoms with Crippen molar-refractivity contribution in [3.05, 3.63) is 40.9 Å². The molecule has 0 unspecified atom stereocenters. The van der Waals surface area contributed by atoms with Crippen LogP contribution >= 0.6 is 23.3 Å². The summed E-state index contributed by atoms with van der Waals surface area (Å²) in [5.74, 6) is 0. The zero-order chi connectivity index (χ0) is 11.5. The normalized spacial score (nSPS) is 14.4. The van der Waals surface area contributed by atoms with E-state index in [1.165, 1.54) is 41.7 Å². The molecule has 1 N–H and O–H groups in total. The van der Waals surface area contributed by atoms with Crippen molar-refractivity contribution < 1.29 is 0 Å². The number of aromatic nitrogens is 1. The number of nitrogens with one attached hydrogen (secondary N) is 1. The van der Waals surface area contributed by atoms with Crippen molar-refractivity contribution in [1.29, 1.82) is 0 Å². The number of hydrogen-bond acceptors (Lipinski definition) is 4. The Kier molecular flexibility index (Phi) is 3.34. The van der Waals surface area contributed by atoms with E-state index in [0.717, 1.165) is 5.13 Å². The van der Waals surface area contributed by atoms with E-state index in [0.29, 0.717) is 0 Å². The first-order valence-electron chi connectivity index (χ1n) is 5.86. The summed E-state index contributed by atoms with van der Waals surface area (Å²) in [6, 6.07) is 6.80. The van der Waals surface area contributed by atoms with Gasteiger partial charge in [0.2, 0.25) is 0 Å². The lowest BCUT2D eigenvalue weighted by Crippen LogP contribution is -2.02. The van der Waals surface area contributed by atoms with E-state index < -0.39 is 0 Å². The van der Waals surface area contributed by atoms with Crippen LogP contribution in [0.15, 0.2) is 34.7 Å². The third-order valence-corrected chi connectivity index (χ3v) is 4.61. The van der Waals surface area contributed by atoms with E-state index in [1.54, 1.807) is 23.3 Å². The second-order valence-electron chi connectivity index (χ2n) is 4.18. The zero-order valence-electron chi connectivity index (χ0n) is 9.48. The van der Waals surface area contributed by atoms with E-state index in [1.807, 2.05) is 11.6 Å². The standard InChI is InChI=1S/C13H14N2S2/c1-2-4-11-9-12(6-5-10(11)3-1)17-15-13-14-7-8-16-13/h5-9H,1-4H2,(H,14,15). The molecular formula is C13H14N2S2. The van der Waals surface area contributed by atoms with E-state index in [9.17, 15) is 0 Å². The van der Waals surface area contributed by atoms with E-state index >= 15 is 0 Å². The summed E-state index contributed by atoms with van der Waals surface area (Å²) in [6.45, 7) is 0. The van der Waals surface area contributed by atoms with Gasteiger partial charge in [0.05, 0.1) is 0 Å². The number of rotatable bonds is 3.